The first-order chi connectivity index (χ1) is 10.1. The lowest BCUT2D eigenvalue weighted by Crippen LogP contribution is -2.53. The Morgan fingerprint density at radius 2 is 2.24 bits per heavy atom. The van der Waals surface area contributed by atoms with Crippen molar-refractivity contribution < 1.29 is 0 Å². The van der Waals surface area contributed by atoms with Gasteiger partial charge in [-0.15, -0.1) is 0 Å². The molecule has 2 unspecified atom stereocenters. The van der Waals surface area contributed by atoms with Crippen LogP contribution in [0, 0.1) is 11.3 Å². The van der Waals surface area contributed by atoms with Crippen molar-refractivity contribution in [2.24, 2.45) is 11.3 Å². The van der Waals surface area contributed by atoms with E-state index in [1.54, 1.807) is 6.20 Å². The molecule has 0 bridgehead atoms. The van der Waals surface area contributed by atoms with Crippen LogP contribution in [0.15, 0.2) is 23.1 Å². The Kier molecular flexibility index (Phi) is 4.18. The molecule has 4 heteroatoms. The van der Waals surface area contributed by atoms with Crippen molar-refractivity contribution in [2.45, 2.75) is 32.7 Å². The molecular weight excluding hydrogens is 262 g/mol. The molecule has 4 nitrogen and oxygen atoms in total. The number of rotatable bonds is 2. The van der Waals surface area contributed by atoms with Crippen LogP contribution in [0.4, 0.5) is 0 Å². The van der Waals surface area contributed by atoms with Gasteiger partial charge in [-0.05, 0) is 56.8 Å². The van der Waals surface area contributed by atoms with Gasteiger partial charge in [0.1, 0.15) is 0 Å². The Morgan fingerprint density at radius 1 is 1.38 bits per heavy atom. The number of piperidine rings is 2. The van der Waals surface area contributed by atoms with Gasteiger partial charge in [-0.1, -0.05) is 13.0 Å². The van der Waals surface area contributed by atoms with Crippen molar-refractivity contribution in [3.8, 4) is 0 Å². The second-order valence-electron chi connectivity index (χ2n) is 7.11. The highest BCUT2D eigenvalue weighted by Gasteiger charge is 2.42. The number of pyridine rings is 1. The number of hydrogen-bond acceptors (Lipinski definition) is 3. The number of aromatic nitrogens is 1. The Bertz CT molecular complexity index is 541. The van der Waals surface area contributed by atoms with E-state index in [0.29, 0.717) is 11.3 Å². The van der Waals surface area contributed by atoms with Gasteiger partial charge in [-0.25, -0.2) is 0 Å². The number of nitrogens with one attached hydrogen (secondary N) is 1. The number of likely N-dealkylation sites (tertiary alicyclic amines) is 2. The number of aromatic amines is 1. The first-order valence-electron chi connectivity index (χ1n) is 8.16. The van der Waals surface area contributed by atoms with E-state index in [1.165, 1.54) is 32.4 Å². The molecule has 0 aliphatic carbocycles. The number of nitrogens with zero attached hydrogens (tertiary/aromatic N) is 2. The molecule has 0 saturated carbocycles. The van der Waals surface area contributed by atoms with Crippen molar-refractivity contribution in [1.82, 2.24) is 14.8 Å². The summed E-state index contributed by atoms with van der Waals surface area (Å²) in [5, 5.41) is 0. The molecule has 3 heterocycles. The minimum absolute atomic E-state index is 0.0582. The van der Waals surface area contributed by atoms with Crippen LogP contribution in [0.3, 0.4) is 0 Å². The van der Waals surface area contributed by atoms with E-state index >= 15 is 0 Å². The van der Waals surface area contributed by atoms with E-state index in [-0.39, 0.29) is 5.56 Å². The minimum atomic E-state index is 0.0582. The lowest BCUT2D eigenvalue weighted by molar-refractivity contribution is -0.0157. The predicted octanol–water partition coefficient (Wildman–Crippen LogP) is 1.93. The van der Waals surface area contributed by atoms with Gasteiger partial charge in [0.05, 0.1) is 0 Å². The number of H-pyrrole nitrogens is 1. The molecule has 116 valence electrons. The molecule has 2 atom stereocenters. The van der Waals surface area contributed by atoms with Gasteiger partial charge in [-0.2, -0.15) is 0 Å². The predicted molar refractivity (Wildman–Crippen MR) is 85.3 cm³/mol. The average molecular weight is 289 g/mol. The van der Waals surface area contributed by atoms with Crippen molar-refractivity contribution in [3.63, 3.8) is 0 Å². The van der Waals surface area contributed by atoms with Crippen LogP contribution >= 0.6 is 0 Å². The molecule has 0 aromatic carbocycles. The maximum absolute atomic E-state index is 11.8. The third-order valence-electron chi connectivity index (χ3n) is 5.60. The van der Waals surface area contributed by atoms with Crippen LogP contribution in [-0.2, 0) is 6.54 Å². The van der Waals surface area contributed by atoms with Gasteiger partial charge in [0.15, 0.2) is 0 Å². The summed E-state index contributed by atoms with van der Waals surface area (Å²) in [5.41, 5.74) is 1.45. The molecule has 0 amide bonds. The lowest BCUT2D eigenvalue weighted by Gasteiger charge is -2.51. The van der Waals surface area contributed by atoms with E-state index < -0.39 is 0 Å². The molecule has 1 aromatic rings. The van der Waals surface area contributed by atoms with Gasteiger partial charge in [0.2, 0.25) is 0 Å². The first-order valence-corrected chi connectivity index (χ1v) is 8.16. The molecule has 2 fully saturated rings. The van der Waals surface area contributed by atoms with E-state index in [4.69, 9.17) is 0 Å². The summed E-state index contributed by atoms with van der Waals surface area (Å²) in [6.45, 7) is 7.91. The molecule has 1 aromatic heterocycles. The molecule has 21 heavy (non-hydrogen) atoms. The van der Waals surface area contributed by atoms with Crippen molar-refractivity contribution in [1.29, 1.82) is 0 Å². The third-order valence-corrected chi connectivity index (χ3v) is 5.60. The maximum Gasteiger partial charge on any atom is 0.252 e. The Labute approximate surface area is 127 Å². The largest absolute Gasteiger partial charge is 0.329 e. The molecular formula is C17H27N3O. The Morgan fingerprint density at radius 3 is 2.95 bits per heavy atom. The fourth-order valence-electron chi connectivity index (χ4n) is 4.27. The summed E-state index contributed by atoms with van der Waals surface area (Å²) in [6.07, 6.45) is 5.68. The fourth-order valence-corrected chi connectivity index (χ4v) is 4.27. The zero-order valence-electron chi connectivity index (χ0n) is 13.3. The summed E-state index contributed by atoms with van der Waals surface area (Å²) in [6, 6.07) is 3.87. The van der Waals surface area contributed by atoms with E-state index in [0.717, 1.165) is 25.2 Å². The summed E-state index contributed by atoms with van der Waals surface area (Å²) < 4.78 is 0. The summed E-state index contributed by atoms with van der Waals surface area (Å²) >= 11 is 0. The maximum atomic E-state index is 11.8. The Hall–Kier alpha value is -1.13. The molecule has 0 radical (unpaired) electrons. The monoisotopic (exact) mass is 289 g/mol. The molecule has 1 N–H and O–H groups in total. The molecule has 2 aliphatic rings. The first kappa shape index (κ1) is 14.8. The van der Waals surface area contributed by atoms with Crippen LogP contribution in [0.1, 0.15) is 31.7 Å². The Balaban J connectivity index is 1.66. The third kappa shape index (κ3) is 3.06. The average Bonchev–Trinajstić information content (AvgIpc) is 2.46. The standard InChI is InChI=1S/C17H27N3O/c1-14-11-20(12-15-5-3-8-18-16(15)21)10-7-17(14)6-4-9-19(2)13-17/h3,5,8,14H,4,6-7,9-13H2,1-2H3,(H,18,21). The zero-order valence-corrected chi connectivity index (χ0v) is 13.3. The smallest absolute Gasteiger partial charge is 0.252 e. The van der Waals surface area contributed by atoms with Crippen molar-refractivity contribution in [2.75, 3.05) is 33.2 Å². The van der Waals surface area contributed by atoms with Gasteiger partial charge >= 0.3 is 0 Å². The highest BCUT2D eigenvalue weighted by Crippen LogP contribution is 2.43. The van der Waals surface area contributed by atoms with Crippen LogP contribution in [-0.4, -0.2) is 48.0 Å². The van der Waals surface area contributed by atoms with Gasteiger partial charge in [0, 0.05) is 31.4 Å². The zero-order chi connectivity index (χ0) is 14.9. The highest BCUT2D eigenvalue weighted by molar-refractivity contribution is 5.09. The van der Waals surface area contributed by atoms with Crippen molar-refractivity contribution >= 4 is 0 Å². The van der Waals surface area contributed by atoms with Crippen LogP contribution in [0.25, 0.3) is 0 Å². The second kappa shape index (κ2) is 5.93. The molecule has 3 rings (SSSR count). The van der Waals surface area contributed by atoms with Gasteiger partial charge in [-0.3, -0.25) is 9.69 Å². The van der Waals surface area contributed by atoms with Crippen LogP contribution in [0.5, 0.6) is 0 Å². The molecule has 2 aliphatic heterocycles. The van der Waals surface area contributed by atoms with Crippen molar-refractivity contribution in [3.05, 3.63) is 34.2 Å². The van der Waals surface area contributed by atoms with E-state index in [2.05, 4.69) is 28.8 Å². The minimum Gasteiger partial charge on any atom is -0.329 e. The number of hydrogen-bond donors (Lipinski definition) is 1. The molecule has 2 saturated heterocycles. The van der Waals surface area contributed by atoms with E-state index in [9.17, 15) is 4.79 Å². The quantitative estimate of drug-likeness (QED) is 0.904. The van der Waals surface area contributed by atoms with Crippen LogP contribution in [0.2, 0.25) is 0 Å². The van der Waals surface area contributed by atoms with Gasteiger partial charge < -0.3 is 9.88 Å². The summed E-state index contributed by atoms with van der Waals surface area (Å²) in [5.74, 6) is 0.705. The topological polar surface area (TPSA) is 39.3 Å². The highest BCUT2D eigenvalue weighted by atomic mass is 16.1. The lowest BCUT2D eigenvalue weighted by atomic mass is 9.66. The summed E-state index contributed by atoms with van der Waals surface area (Å²) in [4.78, 5) is 19.5. The fraction of sp³-hybridized carbons (Fsp3) is 0.706. The summed E-state index contributed by atoms with van der Waals surface area (Å²) in [7, 11) is 2.25. The van der Waals surface area contributed by atoms with Crippen LogP contribution < -0.4 is 5.56 Å². The normalized spacial score (nSPS) is 31.6. The van der Waals surface area contributed by atoms with Gasteiger partial charge in [0.25, 0.3) is 5.56 Å². The second-order valence-corrected chi connectivity index (χ2v) is 7.11. The molecule has 1 spiro atoms. The van der Waals surface area contributed by atoms with E-state index in [1.807, 2.05) is 12.1 Å². The SMILES string of the molecule is CC1CN(Cc2ccc[nH]c2=O)CCC12CCCN(C)C2.